The van der Waals surface area contributed by atoms with Crippen LogP contribution in [0.3, 0.4) is 0 Å². The van der Waals surface area contributed by atoms with E-state index < -0.39 is 15.9 Å². The van der Waals surface area contributed by atoms with Gasteiger partial charge < -0.3 is 19.7 Å². The molecule has 1 N–H and O–H groups in total. The number of sulfonamides is 1. The van der Waals surface area contributed by atoms with Crippen LogP contribution < -0.4 is 14.8 Å². The molecule has 0 aromatic heterocycles. The molecule has 2 heterocycles. The van der Waals surface area contributed by atoms with Crippen molar-refractivity contribution < 1.29 is 27.5 Å². The molecule has 2 aromatic carbocycles. The maximum absolute atomic E-state index is 12.5. The van der Waals surface area contributed by atoms with Crippen LogP contribution in [-0.2, 0) is 14.8 Å². The number of carbonyl (C=O) groups excluding carboxylic acids is 2. The second kappa shape index (κ2) is 9.41. The monoisotopic (exact) mass is 457 g/mol. The Morgan fingerprint density at radius 2 is 1.69 bits per heavy atom. The molecule has 0 spiro atoms. The first-order valence-corrected chi connectivity index (χ1v) is 11.6. The van der Waals surface area contributed by atoms with Gasteiger partial charge in [0, 0.05) is 37.2 Å². The Hall–Kier alpha value is -3.37. The Morgan fingerprint density at radius 3 is 2.44 bits per heavy atom. The van der Waals surface area contributed by atoms with Gasteiger partial charge in [0.05, 0.1) is 6.54 Å². The molecule has 1 saturated heterocycles. The molecule has 0 radical (unpaired) electrons. The van der Waals surface area contributed by atoms with Gasteiger partial charge in [-0.2, -0.15) is 4.31 Å². The van der Waals surface area contributed by atoms with Crippen molar-refractivity contribution in [1.29, 1.82) is 0 Å². The van der Waals surface area contributed by atoms with Crippen LogP contribution in [0.15, 0.2) is 53.9 Å². The Bertz CT molecular complexity index is 1130. The second-order valence-corrected chi connectivity index (χ2v) is 9.11. The van der Waals surface area contributed by atoms with Crippen LogP contribution >= 0.6 is 0 Å². The standard InChI is InChI=1S/C22H23N3O6S/c26-21(15-23-22(27)18-6-7-19-20(14-18)31-16-30-19)24-9-11-25(12-10-24)32(28,29)13-8-17-4-2-1-3-5-17/h1-8,13-14H,9-12,15-16H2,(H,23,27)/b13-8+. The average Bonchev–Trinajstić information content (AvgIpc) is 3.30. The van der Waals surface area contributed by atoms with Gasteiger partial charge in [-0.15, -0.1) is 0 Å². The molecule has 9 nitrogen and oxygen atoms in total. The first kappa shape index (κ1) is 21.8. The predicted octanol–water partition coefficient (Wildman–Crippen LogP) is 1.29. The van der Waals surface area contributed by atoms with E-state index in [1.54, 1.807) is 29.2 Å². The summed E-state index contributed by atoms with van der Waals surface area (Å²) in [7, 11) is -3.57. The molecule has 2 aliphatic rings. The van der Waals surface area contributed by atoms with E-state index in [0.717, 1.165) is 5.56 Å². The van der Waals surface area contributed by atoms with E-state index >= 15 is 0 Å². The highest BCUT2D eigenvalue weighted by Crippen LogP contribution is 2.32. The fourth-order valence-electron chi connectivity index (χ4n) is 3.41. The van der Waals surface area contributed by atoms with Gasteiger partial charge in [0.15, 0.2) is 11.5 Å². The highest BCUT2D eigenvalue weighted by atomic mass is 32.2. The Morgan fingerprint density at radius 1 is 0.969 bits per heavy atom. The Balaban J connectivity index is 1.26. The predicted molar refractivity (Wildman–Crippen MR) is 117 cm³/mol. The number of nitrogens with one attached hydrogen (secondary N) is 1. The van der Waals surface area contributed by atoms with E-state index in [4.69, 9.17) is 9.47 Å². The molecule has 0 unspecified atom stereocenters. The van der Waals surface area contributed by atoms with Crippen molar-refractivity contribution in [3.05, 3.63) is 65.1 Å². The summed E-state index contributed by atoms with van der Waals surface area (Å²) in [6.07, 6.45) is 1.55. The highest BCUT2D eigenvalue weighted by molar-refractivity contribution is 7.92. The van der Waals surface area contributed by atoms with Crippen molar-refractivity contribution in [2.24, 2.45) is 0 Å². The van der Waals surface area contributed by atoms with E-state index in [-0.39, 0.29) is 45.4 Å². The maximum atomic E-state index is 12.5. The number of carbonyl (C=O) groups is 2. The lowest BCUT2D eigenvalue weighted by molar-refractivity contribution is -0.131. The normalized spacial score (nSPS) is 16.3. The highest BCUT2D eigenvalue weighted by Gasteiger charge is 2.27. The minimum absolute atomic E-state index is 0.114. The molecule has 2 aromatic rings. The lowest BCUT2D eigenvalue weighted by Gasteiger charge is -2.33. The number of rotatable bonds is 6. The molecular weight excluding hydrogens is 434 g/mol. The van der Waals surface area contributed by atoms with E-state index in [1.807, 2.05) is 30.3 Å². The summed E-state index contributed by atoms with van der Waals surface area (Å²) in [6.45, 7) is 0.859. The molecule has 0 saturated carbocycles. The number of piperazine rings is 1. The smallest absolute Gasteiger partial charge is 0.251 e. The molecule has 0 aliphatic carbocycles. The van der Waals surface area contributed by atoms with Gasteiger partial charge in [-0.25, -0.2) is 8.42 Å². The summed E-state index contributed by atoms with van der Waals surface area (Å²) in [5, 5.41) is 3.78. The van der Waals surface area contributed by atoms with Crippen molar-refractivity contribution in [3.63, 3.8) is 0 Å². The number of benzene rings is 2. The van der Waals surface area contributed by atoms with Gasteiger partial charge in [0.25, 0.3) is 5.91 Å². The first-order valence-electron chi connectivity index (χ1n) is 10.1. The molecular formula is C22H23N3O6S. The quantitative estimate of drug-likeness (QED) is 0.701. The van der Waals surface area contributed by atoms with E-state index in [9.17, 15) is 18.0 Å². The van der Waals surface area contributed by atoms with Crippen LogP contribution in [0.25, 0.3) is 6.08 Å². The summed E-state index contributed by atoms with van der Waals surface area (Å²) < 4.78 is 36.9. The molecule has 168 valence electrons. The van der Waals surface area contributed by atoms with E-state index in [2.05, 4.69) is 5.32 Å². The number of amides is 2. The van der Waals surface area contributed by atoms with Gasteiger partial charge in [0.1, 0.15) is 0 Å². The fraction of sp³-hybridized carbons (Fsp3) is 0.273. The molecule has 1 fully saturated rings. The minimum atomic E-state index is -3.57. The number of nitrogens with zero attached hydrogens (tertiary/aromatic N) is 2. The molecule has 32 heavy (non-hydrogen) atoms. The fourth-order valence-corrected chi connectivity index (χ4v) is 4.59. The van der Waals surface area contributed by atoms with Crippen molar-refractivity contribution in [1.82, 2.24) is 14.5 Å². The van der Waals surface area contributed by atoms with Gasteiger partial charge >= 0.3 is 0 Å². The van der Waals surface area contributed by atoms with Crippen LogP contribution in [0.2, 0.25) is 0 Å². The molecule has 2 amide bonds. The van der Waals surface area contributed by atoms with Crippen molar-refractivity contribution in [3.8, 4) is 11.5 Å². The second-order valence-electron chi connectivity index (χ2n) is 7.29. The third-order valence-corrected chi connectivity index (χ3v) is 6.78. The van der Waals surface area contributed by atoms with Gasteiger partial charge in [0.2, 0.25) is 22.7 Å². The Kier molecular flexibility index (Phi) is 6.42. The third kappa shape index (κ3) is 5.09. The summed E-state index contributed by atoms with van der Waals surface area (Å²) >= 11 is 0. The Labute approximate surface area is 186 Å². The number of ether oxygens (including phenoxy) is 2. The van der Waals surface area contributed by atoms with Crippen LogP contribution in [0, 0.1) is 0 Å². The number of fused-ring (bicyclic) bond motifs is 1. The lowest BCUT2D eigenvalue weighted by atomic mass is 10.2. The van der Waals surface area contributed by atoms with E-state index in [0.29, 0.717) is 17.1 Å². The first-order chi connectivity index (χ1) is 15.4. The molecule has 4 rings (SSSR count). The maximum Gasteiger partial charge on any atom is 0.251 e. The van der Waals surface area contributed by atoms with E-state index in [1.165, 1.54) is 9.71 Å². The van der Waals surface area contributed by atoms with Crippen molar-refractivity contribution in [2.45, 2.75) is 0 Å². The largest absolute Gasteiger partial charge is 0.454 e. The number of hydrogen-bond acceptors (Lipinski definition) is 6. The zero-order valence-corrected chi connectivity index (χ0v) is 18.1. The molecule has 10 heteroatoms. The van der Waals surface area contributed by atoms with Crippen molar-refractivity contribution in [2.75, 3.05) is 39.5 Å². The summed E-state index contributed by atoms with van der Waals surface area (Å²) in [4.78, 5) is 26.4. The summed E-state index contributed by atoms with van der Waals surface area (Å²) in [5.74, 6) is 0.395. The number of hydrogen-bond donors (Lipinski definition) is 1. The molecule has 0 bridgehead atoms. The van der Waals surface area contributed by atoms with Crippen LogP contribution in [0.4, 0.5) is 0 Å². The lowest BCUT2D eigenvalue weighted by Crippen LogP contribution is -2.52. The summed E-state index contributed by atoms with van der Waals surface area (Å²) in [6, 6.07) is 14.0. The van der Waals surface area contributed by atoms with Crippen LogP contribution in [-0.4, -0.2) is 69.0 Å². The van der Waals surface area contributed by atoms with Crippen LogP contribution in [0.1, 0.15) is 15.9 Å². The average molecular weight is 458 g/mol. The minimum Gasteiger partial charge on any atom is -0.454 e. The topological polar surface area (TPSA) is 105 Å². The van der Waals surface area contributed by atoms with Gasteiger partial charge in [-0.05, 0) is 29.8 Å². The summed E-state index contributed by atoms with van der Waals surface area (Å²) in [5.41, 5.74) is 1.16. The van der Waals surface area contributed by atoms with Gasteiger partial charge in [-0.3, -0.25) is 9.59 Å². The molecule has 0 atom stereocenters. The van der Waals surface area contributed by atoms with Crippen LogP contribution in [0.5, 0.6) is 11.5 Å². The third-order valence-electron chi connectivity index (χ3n) is 5.22. The van der Waals surface area contributed by atoms with Crippen molar-refractivity contribution >= 4 is 27.9 Å². The zero-order chi connectivity index (χ0) is 22.6. The molecule has 2 aliphatic heterocycles. The zero-order valence-electron chi connectivity index (χ0n) is 17.3. The van der Waals surface area contributed by atoms with Gasteiger partial charge in [-0.1, -0.05) is 30.3 Å². The SMILES string of the molecule is O=C(NCC(=O)N1CCN(S(=O)(=O)/C=C/c2ccccc2)CC1)c1ccc2c(c1)OCO2.